The molecule has 6 rings (SSSR count). The number of nitrogens with two attached hydrogens (primary N) is 1. The number of piperazine rings is 1. The molecule has 1 aliphatic rings. The largest absolute Gasteiger partial charge is 0.461 e. The molecule has 0 unspecified atom stereocenters. The molecule has 0 radical (unpaired) electrons. The summed E-state index contributed by atoms with van der Waals surface area (Å²) in [6, 6.07) is 11.2. The first-order valence-electron chi connectivity index (χ1n) is 11.2. The second kappa shape index (κ2) is 8.64. The molecule has 11 nitrogen and oxygen atoms in total. The Balaban J connectivity index is 1.19. The Morgan fingerprint density at radius 1 is 1.03 bits per heavy atom. The zero-order chi connectivity index (χ0) is 23.9. The lowest BCUT2D eigenvalue weighted by Crippen LogP contribution is -2.47. The van der Waals surface area contributed by atoms with E-state index in [0.717, 1.165) is 56.0 Å². The molecule has 1 saturated heterocycles. The number of hydrogen-bond acceptors (Lipinski definition) is 10. The normalized spacial score (nSPS) is 14.8. The molecule has 5 heterocycles. The van der Waals surface area contributed by atoms with Crippen LogP contribution in [0.3, 0.4) is 0 Å². The molecule has 1 aliphatic heterocycles. The number of hydrogen-bond donors (Lipinski definition) is 1. The van der Waals surface area contributed by atoms with Gasteiger partial charge < -0.3 is 15.1 Å². The van der Waals surface area contributed by atoms with E-state index in [2.05, 4.69) is 24.9 Å². The summed E-state index contributed by atoms with van der Waals surface area (Å²) in [6.45, 7) is 4.74. The second-order valence-corrected chi connectivity index (χ2v) is 9.29. The van der Waals surface area contributed by atoms with Gasteiger partial charge in [0.05, 0.1) is 6.26 Å². The number of nitrogens with zero attached hydrogens (tertiary/aromatic N) is 7. The molecule has 4 aromatic heterocycles. The Kier molecular flexibility index (Phi) is 5.30. The average molecular weight is 491 g/mol. The predicted octanol–water partition coefficient (Wildman–Crippen LogP) is 1.98. The van der Waals surface area contributed by atoms with Gasteiger partial charge in [-0.25, -0.2) is 4.98 Å². The molecule has 2 N–H and O–H groups in total. The zero-order valence-electron chi connectivity index (χ0n) is 18.7. The smallest absolute Gasteiger partial charge is 0.309 e. The molecule has 0 spiro atoms. The number of thiazole rings is 1. The number of fused-ring (bicyclic) bond motifs is 3. The number of carbonyl (C=O) groups excluding carboxylic acids is 1. The van der Waals surface area contributed by atoms with Crippen LogP contribution in [0.25, 0.3) is 27.6 Å². The molecule has 1 aromatic carbocycles. The third-order valence-corrected chi connectivity index (χ3v) is 7.23. The van der Waals surface area contributed by atoms with Crippen molar-refractivity contribution in [1.29, 1.82) is 0 Å². The highest BCUT2D eigenvalue weighted by atomic mass is 32.1. The van der Waals surface area contributed by atoms with Crippen molar-refractivity contribution in [2.24, 2.45) is 0 Å². The van der Waals surface area contributed by atoms with E-state index >= 15 is 0 Å². The van der Waals surface area contributed by atoms with Crippen molar-refractivity contribution in [1.82, 2.24) is 29.0 Å². The summed E-state index contributed by atoms with van der Waals surface area (Å²) in [5.41, 5.74) is 8.98. The van der Waals surface area contributed by atoms with E-state index in [9.17, 15) is 9.59 Å². The molecule has 5 aromatic rings. The first-order chi connectivity index (χ1) is 17.1. The highest BCUT2D eigenvalue weighted by Gasteiger charge is 2.21. The van der Waals surface area contributed by atoms with E-state index in [4.69, 9.17) is 10.2 Å². The maximum atomic E-state index is 12.9. The maximum absolute atomic E-state index is 12.9. The quantitative estimate of drug-likeness (QED) is 0.355. The molecule has 0 saturated carbocycles. The number of nitrogen functional groups attached to an aromatic ring is 1. The van der Waals surface area contributed by atoms with Crippen LogP contribution in [0.4, 0.5) is 11.6 Å². The summed E-state index contributed by atoms with van der Waals surface area (Å²) >= 11 is 1.10. The van der Waals surface area contributed by atoms with Crippen LogP contribution in [0.1, 0.15) is 10.4 Å². The van der Waals surface area contributed by atoms with Crippen LogP contribution in [0.15, 0.2) is 51.9 Å². The number of furan rings is 1. The van der Waals surface area contributed by atoms with Crippen LogP contribution in [-0.4, -0.2) is 68.1 Å². The predicted molar refractivity (Wildman–Crippen MR) is 133 cm³/mol. The molecule has 178 valence electrons. The van der Waals surface area contributed by atoms with Crippen molar-refractivity contribution < 1.29 is 9.21 Å². The molecule has 0 amide bonds. The Labute approximate surface area is 203 Å². The van der Waals surface area contributed by atoms with Gasteiger partial charge in [0, 0.05) is 50.5 Å². The number of aromatic nitrogens is 5. The third-order valence-electron chi connectivity index (χ3n) is 6.26. The minimum atomic E-state index is -0.101. The van der Waals surface area contributed by atoms with Gasteiger partial charge in [0.15, 0.2) is 17.1 Å². The average Bonchev–Trinajstić information content (AvgIpc) is 3.63. The van der Waals surface area contributed by atoms with Gasteiger partial charge in [0.25, 0.3) is 0 Å². The Morgan fingerprint density at radius 2 is 1.83 bits per heavy atom. The highest BCUT2D eigenvalue weighted by Crippen LogP contribution is 2.25. The second-order valence-electron chi connectivity index (χ2n) is 8.33. The van der Waals surface area contributed by atoms with E-state index < -0.39 is 0 Å². The number of aldehydes is 1. The monoisotopic (exact) mass is 490 g/mol. The Bertz CT molecular complexity index is 1560. The number of rotatable bonds is 6. The van der Waals surface area contributed by atoms with Gasteiger partial charge in [-0.05, 0) is 36.4 Å². The van der Waals surface area contributed by atoms with Gasteiger partial charge in [0.2, 0.25) is 11.8 Å². The van der Waals surface area contributed by atoms with Gasteiger partial charge in [-0.3, -0.25) is 19.1 Å². The van der Waals surface area contributed by atoms with Crippen LogP contribution in [0.2, 0.25) is 0 Å². The number of anilines is 2. The summed E-state index contributed by atoms with van der Waals surface area (Å²) < 4.78 is 9.16. The summed E-state index contributed by atoms with van der Waals surface area (Å²) in [6.07, 6.45) is 2.41. The molecule has 0 bridgehead atoms. The minimum Gasteiger partial charge on any atom is -0.461 e. The Morgan fingerprint density at radius 3 is 2.54 bits per heavy atom. The molecule has 0 aliphatic carbocycles. The Hall–Kier alpha value is -4.03. The van der Waals surface area contributed by atoms with Crippen molar-refractivity contribution in [2.45, 2.75) is 6.54 Å². The molecule has 0 atom stereocenters. The van der Waals surface area contributed by atoms with E-state index in [1.54, 1.807) is 23.0 Å². The van der Waals surface area contributed by atoms with E-state index in [0.29, 0.717) is 39.7 Å². The van der Waals surface area contributed by atoms with Gasteiger partial charge in [-0.1, -0.05) is 11.3 Å². The van der Waals surface area contributed by atoms with Crippen molar-refractivity contribution in [3.63, 3.8) is 0 Å². The SMILES string of the molecule is Nc1nc2c(sc(=O)n2CCN2CCN(c3ccc(C=O)cc3)CC2)c2nc(-c3ccco3)nn12. The van der Waals surface area contributed by atoms with Gasteiger partial charge >= 0.3 is 4.87 Å². The summed E-state index contributed by atoms with van der Waals surface area (Å²) in [4.78, 5) is 37.3. The maximum Gasteiger partial charge on any atom is 0.309 e. The minimum absolute atomic E-state index is 0.101. The number of carbonyl (C=O) groups is 1. The molecule has 12 heteroatoms. The van der Waals surface area contributed by atoms with Crippen LogP contribution >= 0.6 is 11.3 Å². The molecule has 35 heavy (non-hydrogen) atoms. The topological polar surface area (TPSA) is 128 Å². The number of benzene rings is 1. The fourth-order valence-corrected chi connectivity index (χ4v) is 5.30. The first-order valence-corrected chi connectivity index (χ1v) is 12.0. The lowest BCUT2D eigenvalue weighted by Gasteiger charge is -2.36. The van der Waals surface area contributed by atoms with E-state index in [1.807, 2.05) is 24.3 Å². The fraction of sp³-hybridized carbons (Fsp3) is 0.261. The van der Waals surface area contributed by atoms with Crippen LogP contribution in [-0.2, 0) is 6.54 Å². The van der Waals surface area contributed by atoms with Crippen LogP contribution < -0.4 is 15.5 Å². The zero-order valence-corrected chi connectivity index (χ0v) is 19.5. The summed E-state index contributed by atoms with van der Waals surface area (Å²) in [7, 11) is 0. The first kappa shape index (κ1) is 21.5. The molecular weight excluding hydrogens is 468 g/mol. The van der Waals surface area contributed by atoms with Gasteiger partial charge in [-0.15, -0.1) is 5.10 Å². The van der Waals surface area contributed by atoms with Gasteiger partial charge in [-0.2, -0.15) is 9.50 Å². The fourth-order valence-electron chi connectivity index (χ4n) is 4.37. The standard InChI is InChI=1S/C23H22N8O3S/c24-22-26-20-18(21-25-19(27-31(21)22)17-2-1-13-34-17)35-23(33)30(20)12-9-28-7-10-29(11-8-28)16-5-3-15(14-32)4-6-16/h1-6,13-14H,7-12H2,(H2,24,26). The third kappa shape index (κ3) is 3.86. The highest BCUT2D eigenvalue weighted by molar-refractivity contribution is 7.17. The van der Waals surface area contributed by atoms with Crippen LogP contribution in [0, 0.1) is 0 Å². The van der Waals surface area contributed by atoms with Crippen molar-refractivity contribution in [3.8, 4) is 11.6 Å². The van der Waals surface area contributed by atoms with E-state index in [-0.39, 0.29) is 10.8 Å². The molecule has 1 fully saturated rings. The van der Waals surface area contributed by atoms with Crippen LogP contribution in [0.5, 0.6) is 0 Å². The van der Waals surface area contributed by atoms with Crippen molar-refractivity contribution >= 4 is 45.3 Å². The summed E-state index contributed by atoms with van der Waals surface area (Å²) in [5.74, 6) is 1.08. The van der Waals surface area contributed by atoms with Crippen molar-refractivity contribution in [3.05, 3.63) is 57.9 Å². The van der Waals surface area contributed by atoms with Gasteiger partial charge in [0.1, 0.15) is 11.0 Å². The summed E-state index contributed by atoms with van der Waals surface area (Å²) in [5, 5.41) is 4.39. The lowest BCUT2D eigenvalue weighted by atomic mass is 10.2. The molecular formula is C23H22N8O3S. The lowest BCUT2D eigenvalue weighted by molar-refractivity contribution is 0.112. The van der Waals surface area contributed by atoms with Crippen molar-refractivity contribution in [2.75, 3.05) is 43.4 Å². The van der Waals surface area contributed by atoms with E-state index in [1.165, 1.54) is 4.52 Å².